The van der Waals surface area contributed by atoms with E-state index in [1.807, 2.05) is 70.2 Å². The molecule has 3 heteroatoms. The van der Waals surface area contributed by atoms with Crippen LogP contribution in [0.3, 0.4) is 0 Å². The number of hydrogen-bond donors (Lipinski definition) is 3. The van der Waals surface area contributed by atoms with Crippen molar-refractivity contribution in [3.63, 3.8) is 0 Å². The molecule has 0 amide bonds. The van der Waals surface area contributed by atoms with Gasteiger partial charge in [0.15, 0.2) is 0 Å². The van der Waals surface area contributed by atoms with Gasteiger partial charge in [-0.3, -0.25) is 0 Å². The van der Waals surface area contributed by atoms with Gasteiger partial charge >= 0.3 is 0 Å². The first-order valence-electron chi connectivity index (χ1n) is 10.7. The highest BCUT2D eigenvalue weighted by molar-refractivity contribution is 5.32. The third-order valence-electron chi connectivity index (χ3n) is 5.51. The number of aliphatic hydroxyl groups excluding tert-OH is 2. The predicted octanol–water partition coefficient (Wildman–Crippen LogP) is 5.73. The first-order chi connectivity index (χ1) is 13.9. The Bertz CT molecular complexity index is 750. The molecule has 30 heavy (non-hydrogen) atoms. The summed E-state index contributed by atoms with van der Waals surface area (Å²) in [6, 6.07) is 0. The van der Waals surface area contributed by atoms with Gasteiger partial charge < -0.3 is 15.3 Å². The van der Waals surface area contributed by atoms with Crippen LogP contribution >= 0.6 is 0 Å². The summed E-state index contributed by atoms with van der Waals surface area (Å²) < 4.78 is 0. The van der Waals surface area contributed by atoms with Gasteiger partial charge in [0, 0.05) is 6.42 Å². The SMILES string of the molecule is C=CC/C(C)=C/C=C/C=C(C)/C=C/C=C(\C)[C@H](O)/C=C1/C(C)(C)C[C@H](O)C[C@]1(C)O. The van der Waals surface area contributed by atoms with Crippen LogP contribution in [0.2, 0.25) is 0 Å². The first-order valence-corrected chi connectivity index (χ1v) is 10.7. The summed E-state index contributed by atoms with van der Waals surface area (Å²) >= 11 is 0. The molecule has 1 rings (SSSR count). The van der Waals surface area contributed by atoms with Crippen molar-refractivity contribution >= 4 is 0 Å². The zero-order valence-electron chi connectivity index (χ0n) is 19.5. The first kappa shape index (κ1) is 26.1. The normalized spacial score (nSPS) is 28.5. The highest BCUT2D eigenvalue weighted by atomic mass is 16.3. The van der Waals surface area contributed by atoms with Gasteiger partial charge in [-0.15, -0.1) is 6.58 Å². The van der Waals surface area contributed by atoms with Crippen molar-refractivity contribution in [2.45, 2.75) is 78.6 Å². The summed E-state index contributed by atoms with van der Waals surface area (Å²) in [7, 11) is 0. The standard InChI is InChI=1S/C27H40O3/c1-8-12-20(2)13-9-10-14-21(3)15-11-16-22(4)24(29)17-25-26(5,6)18-23(28)19-27(25,7)30/h8-11,13-17,23-24,28-30H,1,12,18-19H2,2-7H3/b10-9+,15-11+,20-13+,21-14+,22-16+,25-17-/t23-,24+,27-/m0/s1. The molecule has 0 aromatic rings. The molecule has 1 fully saturated rings. The zero-order valence-corrected chi connectivity index (χ0v) is 19.5. The molecule has 166 valence electrons. The second-order valence-electron chi connectivity index (χ2n) is 9.32. The fourth-order valence-corrected chi connectivity index (χ4v) is 3.99. The van der Waals surface area contributed by atoms with Crippen LogP contribution in [-0.2, 0) is 0 Å². The fourth-order valence-electron chi connectivity index (χ4n) is 3.99. The summed E-state index contributed by atoms with van der Waals surface area (Å²) in [6.07, 6.45) is 18.0. The minimum absolute atomic E-state index is 0.289. The van der Waals surface area contributed by atoms with Crippen LogP contribution < -0.4 is 0 Å². The van der Waals surface area contributed by atoms with Gasteiger partial charge in [0.1, 0.15) is 0 Å². The van der Waals surface area contributed by atoms with Crippen molar-refractivity contribution in [3.05, 3.63) is 83.6 Å². The van der Waals surface area contributed by atoms with Crippen molar-refractivity contribution in [1.82, 2.24) is 0 Å². The Labute approximate surface area is 183 Å². The average Bonchev–Trinajstić information content (AvgIpc) is 2.60. The molecule has 3 N–H and O–H groups in total. The third-order valence-corrected chi connectivity index (χ3v) is 5.51. The Balaban J connectivity index is 2.84. The number of allylic oxidation sites excluding steroid dienone is 10. The van der Waals surface area contributed by atoms with Gasteiger partial charge in [0.05, 0.1) is 17.8 Å². The van der Waals surface area contributed by atoms with Crippen LogP contribution in [0.5, 0.6) is 0 Å². The molecule has 0 radical (unpaired) electrons. The highest BCUT2D eigenvalue weighted by Crippen LogP contribution is 2.46. The van der Waals surface area contributed by atoms with E-state index in [9.17, 15) is 15.3 Å². The van der Waals surface area contributed by atoms with E-state index in [-0.39, 0.29) is 11.8 Å². The lowest BCUT2D eigenvalue weighted by molar-refractivity contribution is -0.0283. The van der Waals surface area contributed by atoms with Crippen LogP contribution in [0.25, 0.3) is 0 Å². The second kappa shape index (κ2) is 11.5. The van der Waals surface area contributed by atoms with E-state index in [4.69, 9.17) is 0 Å². The monoisotopic (exact) mass is 412 g/mol. The molecular formula is C27H40O3. The summed E-state index contributed by atoms with van der Waals surface area (Å²) in [5.74, 6) is 0. The van der Waals surface area contributed by atoms with Gasteiger partial charge in [0.25, 0.3) is 0 Å². The minimum Gasteiger partial charge on any atom is -0.393 e. The molecule has 0 bridgehead atoms. The molecule has 0 aromatic carbocycles. The highest BCUT2D eigenvalue weighted by Gasteiger charge is 2.44. The minimum atomic E-state index is -1.12. The molecule has 0 unspecified atom stereocenters. The van der Waals surface area contributed by atoms with Gasteiger partial charge in [0.2, 0.25) is 0 Å². The van der Waals surface area contributed by atoms with Crippen LogP contribution in [-0.4, -0.2) is 33.1 Å². The maximum atomic E-state index is 10.8. The van der Waals surface area contributed by atoms with Gasteiger partial charge in [-0.25, -0.2) is 0 Å². The van der Waals surface area contributed by atoms with E-state index in [1.54, 1.807) is 13.0 Å². The van der Waals surface area contributed by atoms with Crippen molar-refractivity contribution in [1.29, 1.82) is 0 Å². The lowest BCUT2D eigenvalue weighted by Crippen LogP contribution is -2.45. The Morgan fingerprint density at radius 2 is 1.70 bits per heavy atom. The summed E-state index contributed by atoms with van der Waals surface area (Å²) in [6.45, 7) is 15.4. The molecule has 0 aromatic heterocycles. The van der Waals surface area contributed by atoms with Crippen LogP contribution in [0.15, 0.2) is 83.6 Å². The molecule has 0 heterocycles. The quantitative estimate of drug-likeness (QED) is 0.352. The molecule has 0 aliphatic heterocycles. The van der Waals surface area contributed by atoms with E-state index in [0.29, 0.717) is 6.42 Å². The van der Waals surface area contributed by atoms with Crippen LogP contribution in [0.4, 0.5) is 0 Å². The number of rotatable bonds is 8. The summed E-state index contributed by atoms with van der Waals surface area (Å²) in [5.41, 5.74) is 2.45. The topological polar surface area (TPSA) is 60.7 Å². The maximum Gasteiger partial charge on any atom is 0.0936 e. The van der Waals surface area contributed by atoms with Crippen molar-refractivity contribution in [3.8, 4) is 0 Å². The lowest BCUT2D eigenvalue weighted by atomic mass is 9.64. The van der Waals surface area contributed by atoms with Crippen molar-refractivity contribution < 1.29 is 15.3 Å². The summed E-state index contributed by atoms with van der Waals surface area (Å²) in [4.78, 5) is 0. The van der Waals surface area contributed by atoms with Gasteiger partial charge in [-0.2, -0.15) is 0 Å². The molecule has 1 aliphatic carbocycles. The largest absolute Gasteiger partial charge is 0.393 e. The molecule has 0 saturated heterocycles. The fraction of sp³-hybridized carbons (Fsp3) is 0.481. The Morgan fingerprint density at radius 3 is 2.30 bits per heavy atom. The van der Waals surface area contributed by atoms with E-state index >= 15 is 0 Å². The van der Waals surface area contributed by atoms with E-state index < -0.39 is 17.8 Å². The predicted molar refractivity (Wildman–Crippen MR) is 128 cm³/mol. The molecular weight excluding hydrogens is 372 g/mol. The van der Waals surface area contributed by atoms with Gasteiger partial charge in [-0.05, 0) is 63.2 Å². The lowest BCUT2D eigenvalue weighted by Gasteiger charge is -2.45. The average molecular weight is 413 g/mol. The molecule has 1 aliphatic rings. The molecule has 3 nitrogen and oxygen atoms in total. The molecule has 3 atom stereocenters. The number of aliphatic hydroxyl groups is 3. The van der Waals surface area contributed by atoms with Gasteiger partial charge in [-0.1, -0.05) is 73.6 Å². The Morgan fingerprint density at radius 1 is 1.07 bits per heavy atom. The van der Waals surface area contributed by atoms with E-state index in [2.05, 4.69) is 19.6 Å². The van der Waals surface area contributed by atoms with E-state index in [0.717, 1.165) is 23.1 Å². The second-order valence-corrected chi connectivity index (χ2v) is 9.32. The molecule has 1 saturated carbocycles. The molecule has 0 spiro atoms. The Hall–Kier alpha value is -1.94. The van der Waals surface area contributed by atoms with Crippen molar-refractivity contribution in [2.75, 3.05) is 0 Å². The maximum absolute atomic E-state index is 10.8. The third kappa shape index (κ3) is 8.43. The van der Waals surface area contributed by atoms with Crippen LogP contribution in [0, 0.1) is 5.41 Å². The zero-order chi connectivity index (χ0) is 22.9. The smallest absolute Gasteiger partial charge is 0.0936 e. The van der Waals surface area contributed by atoms with E-state index in [1.165, 1.54) is 5.57 Å². The Kier molecular flexibility index (Phi) is 9.96. The van der Waals surface area contributed by atoms with Crippen LogP contribution in [0.1, 0.15) is 60.8 Å². The number of hydrogen-bond acceptors (Lipinski definition) is 3. The summed E-state index contributed by atoms with van der Waals surface area (Å²) in [5, 5.41) is 31.5. The van der Waals surface area contributed by atoms with Crippen molar-refractivity contribution in [2.24, 2.45) is 5.41 Å².